The van der Waals surface area contributed by atoms with Gasteiger partial charge in [0.1, 0.15) is 5.60 Å². The zero-order chi connectivity index (χ0) is 14.6. The van der Waals surface area contributed by atoms with Crippen molar-refractivity contribution in [2.45, 2.75) is 45.8 Å². The summed E-state index contributed by atoms with van der Waals surface area (Å²) in [6, 6.07) is 3.16. The molecule has 1 atom stereocenters. The summed E-state index contributed by atoms with van der Waals surface area (Å²) in [6.07, 6.45) is -0.774. The number of amides is 1. The summed E-state index contributed by atoms with van der Waals surface area (Å²) in [5.74, 6) is -0.966. The number of hydrogen-bond acceptors (Lipinski definition) is 4. The average Bonchev–Trinajstić information content (AvgIpc) is 2.60. The van der Waals surface area contributed by atoms with E-state index in [0.29, 0.717) is 0 Å². The molecule has 1 rings (SSSR count). The first kappa shape index (κ1) is 15.5. The van der Waals surface area contributed by atoms with Gasteiger partial charge in [0, 0.05) is 9.75 Å². The van der Waals surface area contributed by atoms with Gasteiger partial charge in [-0.25, -0.2) is 4.79 Å². The quantitative estimate of drug-likeness (QED) is 0.891. The van der Waals surface area contributed by atoms with Crippen LogP contribution in [0.3, 0.4) is 0 Å². The van der Waals surface area contributed by atoms with Gasteiger partial charge in [0.25, 0.3) is 0 Å². The molecule has 0 bridgehead atoms. The highest BCUT2D eigenvalue weighted by atomic mass is 32.1. The highest BCUT2D eigenvalue weighted by Gasteiger charge is 2.23. The van der Waals surface area contributed by atoms with Crippen molar-refractivity contribution < 1.29 is 19.4 Å². The number of nitrogens with one attached hydrogen (secondary N) is 1. The predicted octanol–water partition coefficient (Wildman–Crippen LogP) is 3.10. The smallest absolute Gasteiger partial charge is 0.408 e. The number of aliphatic carboxylic acids is 1. The second-order valence-corrected chi connectivity index (χ2v) is 6.56. The van der Waals surface area contributed by atoms with E-state index >= 15 is 0 Å². The monoisotopic (exact) mass is 285 g/mol. The summed E-state index contributed by atoms with van der Waals surface area (Å²) in [6.45, 7) is 7.20. The van der Waals surface area contributed by atoms with Crippen LogP contribution in [-0.4, -0.2) is 22.8 Å². The predicted molar refractivity (Wildman–Crippen MR) is 73.4 cm³/mol. The maximum atomic E-state index is 11.7. The van der Waals surface area contributed by atoms with E-state index in [1.54, 1.807) is 20.8 Å². The van der Waals surface area contributed by atoms with Crippen LogP contribution in [0.4, 0.5) is 4.79 Å². The minimum atomic E-state index is -0.966. The Morgan fingerprint density at radius 1 is 1.42 bits per heavy atom. The Hall–Kier alpha value is -1.56. The van der Waals surface area contributed by atoms with E-state index in [4.69, 9.17) is 9.84 Å². The molecule has 5 nitrogen and oxygen atoms in total. The first-order valence-electron chi connectivity index (χ1n) is 5.95. The number of carboxylic acids is 1. The molecule has 0 saturated heterocycles. The van der Waals surface area contributed by atoms with Gasteiger partial charge in [-0.3, -0.25) is 4.79 Å². The SMILES string of the molecule is Cc1ccc(C(CC(=O)O)NC(=O)OC(C)(C)C)s1. The fourth-order valence-corrected chi connectivity index (χ4v) is 2.42. The first-order valence-corrected chi connectivity index (χ1v) is 6.76. The number of alkyl carbamates (subject to hydrolysis) is 1. The minimum absolute atomic E-state index is 0.167. The van der Waals surface area contributed by atoms with Crippen LogP contribution in [0.2, 0.25) is 0 Å². The van der Waals surface area contributed by atoms with E-state index in [1.165, 1.54) is 11.3 Å². The van der Waals surface area contributed by atoms with Gasteiger partial charge >= 0.3 is 12.1 Å². The van der Waals surface area contributed by atoms with Crippen molar-refractivity contribution in [2.75, 3.05) is 0 Å². The third-order valence-corrected chi connectivity index (χ3v) is 3.29. The van der Waals surface area contributed by atoms with Crippen LogP contribution >= 0.6 is 11.3 Å². The van der Waals surface area contributed by atoms with Crippen LogP contribution in [0.15, 0.2) is 12.1 Å². The van der Waals surface area contributed by atoms with Crippen LogP contribution in [0.1, 0.15) is 43.0 Å². The Balaban J connectivity index is 2.76. The molecule has 106 valence electrons. The molecule has 1 aromatic heterocycles. The summed E-state index contributed by atoms with van der Waals surface area (Å²) in [5, 5.41) is 11.5. The lowest BCUT2D eigenvalue weighted by atomic mass is 10.1. The Morgan fingerprint density at radius 2 is 2.05 bits per heavy atom. The van der Waals surface area contributed by atoms with E-state index in [9.17, 15) is 9.59 Å². The maximum Gasteiger partial charge on any atom is 0.408 e. The molecule has 1 heterocycles. The number of hydrogen-bond donors (Lipinski definition) is 2. The van der Waals surface area contributed by atoms with Gasteiger partial charge in [-0.1, -0.05) is 0 Å². The van der Waals surface area contributed by atoms with E-state index in [-0.39, 0.29) is 6.42 Å². The average molecular weight is 285 g/mol. The molecule has 2 N–H and O–H groups in total. The van der Waals surface area contributed by atoms with Crippen LogP contribution < -0.4 is 5.32 Å². The van der Waals surface area contributed by atoms with Gasteiger partial charge in [-0.15, -0.1) is 11.3 Å². The van der Waals surface area contributed by atoms with Crippen LogP contribution in [-0.2, 0) is 9.53 Å². The lowest BCUT2D eigenvalue weighted by molar-refractivity contribution is -0.137. The molecule has 1 aromatic rings. The van der Waals surface area contributed by atoms with Gasteiger partial charge in [-0.2, -0.15) is 0 Å². The normalized spacial score (nSPS) is 12.8. The zero-order valence-corrected chi connectivity index (χ0v) is 12.3. The summed E-state index contributed by atoms with van der Waals surface area (Å²) >= 11 is 1.46. The summed E-state index contributed by atoms with van der Waals surface area (Å²) < 4.78 is 5.14. The van der Waals surface area contributed by atoms with Crippen molar-refractivity contribution in [3.05, 3.63) is 21.9 Å². The molecule has 0 aromatic carbocycles. The summed E-state index contributed by atoms with van der Waals surface area (Å²) in [4.78, 5) is 24.5. The number of thiophene rings is 1. The molecule has 0 aliphatic rings. The molecule has 0 saturated carbocycles. The molecular weight excluding hydrogens is 266 g/mol. The van der Waals surface area contributed by atoms with Gasteiger partial charge in [-0.05, 0) is 39.8 Å². The largest absolute Gasteiger partial charge is 0.481 e. The zero-order valence-electron chi connectivity index (χ0n) is 11.5. The Morgan fingerprint density at radius 3 is 2.47 bits per heavy atom. The number of carbonyl (C=O) groups excluding carboxylic acids is 1. The molecule has 0 fully saturated rings. The van der Waals surface area contributed by atoms with Gasteiger partial charge in [0.2, 0.25) is 0 Å². The van der Waals surface area contributed by atoms with Crippen LogP contribution in [0, 0.1) is 6.92 Å². The van der Waals surface area contributed by atoms with Gasteiger partial charge in [0.05, 0.1) is 12.5 Å². The Bertz CT molecular complexity index is 461. The third kappa shape index (κ3) is 5.74. The molecular formula is C13H19NO4S. The summed E-state index contributed by atoms with van der Waals surface area (Å²) in [5.41, 5.74) is -0.608. The van der Waals surface area contributed by atoms with Crippen molar-refractivity contribution >= 4 is 23.4 Å². The summed E-state index contributed by atoms with van der Waals surface area (Å²) in [7, 11) is 0. The Labute approximate surface area is 116 Å². The van der Waals surface area contributed by atoms with Crippen LogP contribution in [0.5, 0.6) is 0 Å². The molecule has 0 radical (unpaired) electrons. The second kappa shape index (κ2) is 6.06. The third-order valence-electron chi connectivity index (χ3n) is 2.17. The maximum absolute atomic E-state index is 11.7. The topological polar surface area (TPSA) is 75.6 Å². The molecule has 1 unspecified atom stereocenters. The molecule has 0 spiro atoms. The van der Waals surface area contributed by atoms with E-state index in [2.05, 4.69) is 5.32 Å². The van der Waals surface area contributed by atoms with Gasteiger partial charge in [0.15, 0.2) is 0 Å². The van der Waals surface area contributed by atoms with E-state index in [0.717, 1.165) is 9.75 Å². The highest BCUT2D eigenvalue weighted by molar-refractivity contribution is 7.12. The van der Waals surface area contributed by atoms with Crippen LogP contribution in [0.25, 0.3) is 0 Å². The fraction of sp³-hybridized carbons (Fsp3) is 0.538. The number of carboxylic acid groups (broad SMARTS) is 1. The minimum Gasteiger partial charge on any atom is -0.481 e. The Kier molecular flexibility index (Phi) is 4.94. The van der Waals surface area contributed by atoms with Crippen molar-refractivity contribution in [3.63, 3.8) is 0 Å². The molecule has 1 amide bonds. The fourth-order valence-electron chi connectivity index (χ4n) is 1.49. The van der Waals surface area contributed by atoms with Crippen molar-refractivity contribution in [2.24, 2.45) is 0 Å². The molecule has 6 heteroatoms. The standard InChI is InChI=1S/C13H19NO4S/c1-8-5-6-10(19-8)9(7-11(15)16)14-12(17)18-13(2,3)4/h5-6,9H,7H2,1-4H3,(H,14,17)(H,15,16). The van der Waals surface area contributed by atoms with E-state index in [1.807, 2.05) is 19.1 Å². The van der Waals surface area contributed by atoms with Crippen molar-refractivity contribution in [3.8, 4) is 0 Å². The molecule has 0 aliphatic heterocycles. The number of ether oxygens (including phenoxy) is 1. The molecule has 19 heavy (non-hydrogen) atoms. The van der Waals surface area contributed by atoms with Gasteiger partial charge < -0.3 is 15.2 Å². The highest BCUT2D eigenvalue weighted by Crippen LogP contribution is 2.25. The molecule has 0 aliphatic carbocycles. The number of rotatable bonds is 4. The lowest BCUT2D eigenvalue weighted by Crippen LogP contribution is -2.35. The number of carbonyl (C=O) groups is 2. The first-order chi connectivity index (χ1) is 8.67. The van der Waals surface area contributed by atoms with Crippen molar-refractivity contribution in [1.29, 1.82) is 0 Å². The second-order valence-electron chi connectivity index (χ2n) is 5.25. The lowest BCUT2D eigenvalue weighted by Gasteiger charge is -2.22. The number of aryl methyl sites for hydroxylation is 1. The van der Waals surface area contributed by atoms with E-state index < -0.39 is 23.7 Å². The van der Waals surface area contributed by atoms with Crippen molar-refractivity contribution in [1.82, 2.24) is 5.32 Å².